The first-order valence-corrected chi connectivity index (χ1v) is 6.57. The molecular formula is C13H18N4O3. The Bertz CT molecular complexity index is 484. The van der Waals surface area contributed by atoms with E-state index in [4.69, 9.17) is 5.11 Å². The van der Waals surface area contributed by atoms with Crippen molar-refractivity contribution in [2.24, 2.45) is 0 Å². The maximum Gasteiger partial charge on any atom is 0.326 e. The minimum atomic E-state index is -1.07. The van der Waals surface area contributed by atoms with Gasteiger partial charge < -0.3 is 20.7 Å². The molecule has 0 radical (unpaired) electrons. The molecule has 108 valence electrons. The quantitative estimate of drug-likeness (QED) is 0.598. The number of aliphatic carboxylic acids is 1. The van der Waals surface area contributed by atoms with Gasteiger partial charge >= 0.3 is 12.0 Å². The third-order valence-electron chi connectivity index (χ3n) is 3.19. The third-order valence-corrected chi connectivity index (χ3v) is 3.19. The van der Waals surface area contributed by atoms with Gasteiger partial charge in [0.05, 0.1) is 6.33 Å². The number of hydrogen-bond acceptors (Lipinski definition) is 3. The number of carboxylic acids is 1. The highest BCUT2D eigenvalue weighted by Crippen LogP contribution is 2.10. The van der Waals surface area contributed by atoms with Gasteiger partial charge in [0.2, 0.25) is 0 Å². The number of aromatic amines is 1. The lowest BCUT2D eigenvalue weighted by molar-refractivity contribution is -0.139. The Morgan fingerprint density at radius 1 is 1.50 bits per heavy atom. The van der Waals surface area contributed by atoms with E-state index in [1.807, 2.05) is 6.08 Å². The van der Waals surface area contributed by atoms with Crippen molar-refractivity contribution in [3.63, 3.8) is 0 Å². The lowest BCUT2D eigenvalue weighted by Crippen LogP contribution is -2.50. The van der Waals surface area contributed by atoms with Crippen LogP contribution >= 0.6 is 0 Å². The maximum absolute atomic E-state index is 11.8. The van der Waals surface area contributed by atoms with Crippen LogP contribution in [-0.4, -0.2) is 39.2 Å². The zero-order chi connectivity index (χ0) is 14.4. The lowest BCUT2D eigenvalue weighted by atomic mass is 10.0. The van der Waals surface area contributed by atoms with Crippen LogP contribution in [0.2, 0.25) is 0 Å². The van der Waals surface area contributed by atoms with Crippen LogP contribution < -0.4 is 10.6 Å². The average molecular weight is 278 g/mol. The van der Waals surface area contributed by atoms with Gasteiger partial charge in [-0.1, -0.05) is 12.2 Å². The SMILES string of the molecule is O=C(NC1CC=CCC1)N[C@H](Cc1cnc[nH]1)C(=O)O. The van der Waals surface area contributed by atoms with Crippen LogP contribution in [0.15, 0.2) is 24.7 Å². The molecule has 1 aromatic heterocycles. The van der Waals surface area contributed by atoms with Crippen molar-refractivity contribution in [1.29, 1.82) is 0 Å². The second kappa shape index (κ2) is 6.74. The van der Waals surface area contributed by atoms with Crippen LogP contribution in [0.3, 0.4) is 0 Å². The topological polar surface area (TPSA) is 107 Å². The van der Waals surface area contributed by atoms with E-state index >= 15 is 0 Å². The molecule has 1 heterocycles. The van der Waals surface area contributed by atoms with Crippen LogP contribution in [0.5, 0.6) is 0 Å². The molecule has 7 heteroatoms. The molecule has 0 spiro atoms. The molecule has 0 bridgehead atoms. The monoisotopic (exact) mass is 278 g/mol. The fourth-order valence-corrected chi connectivity index (χ4v) is 2.13. The molecule has 0 saturated carbocycles. The molecule has 0 aliphatic heterocycles. The Morgan fingerprint density at radius 3 is 2.95 bits per heavy atom. The molecule has 1 aromatic rings. The minimum Gasteiger partial charge on any atom is -0.480 e. The molecule has 0 saturated heterocycles. The Hall–Kier alpha value is -2.31. The summed E-state index contributed by atoms with van der Waals surface area (Å²) in [6, 6.07) is -1.35. The van der Waals surface area contributed by atoms with Gasteiger partial charge in [0.15, 0.2) is 0 Å². The highest BCUT2D eigenvalue weighted by atomic mass is 16.4. The summed E-state index contributed by atoms with van der Waals surface area (Å²) in [4.78, 5) is 29.6. The number of amides is 2. The lowest BCUT2D eigenvalue weighted by Gasteiger charge is -2.21. The van der Waals surface area contributed by atoms with Crippen molar-refractivity contribution in [3.05, 3.63) is 30.4 Å². The third kappa shape index (κ3) is 4.11. The molecule has 1 unspecified atom stereocenters. The van der Waals surface area contributed by atoms with E-state index < -0.39 is 18.0 Å². The van der Waals surface area contributed by atoms with E-state index in [2.05, 4.69) is 26.7 Å². The van der Waals surface area contributed by atoms with E-state index in [0.29, 0.717) is 5.69 Å². The van der Waals surface area contributed by atoms with E-state index in [1.54, 1.807) is 6.20 Å². The van der Waals surface area contributed by atoms with Crippen molar-refractivity contribution in [2.45, 2.75) is 37.8 Å². The summed E-state index contributed by atoms with van der Waals surface area (Å²) in [5.41, 5.74) is 0.665. The summed E-state index contributed by atoms with van der Waals surface area (Å²) >= 11 is 0. The second-order valence-corrected chi connectivity index (χ2v) is 4.77. The Balaban J connectivity index is 1.85. The summed E-state index contributed by atoms with van der Waals surface area (Å²) in [6.45, 7) is 0. The highest BCUT2D eigenvalue weighted by Gasteiger charge is 2.22. The summed E-state index contributed by atoms with van der Waals surface area (Å²) in [6.07, 6.45) is 9.88. The average Bonchev–Trinajstić information content (AvgIpc) is 2.92. The van der Waals surface area contributed by atoms with Gasteiger partial charge in [0.25, 0.3) is 0 Å². The fraction of sp³-hybridized carbons (Fsp3) is 0.462. The van der Waals surface area contributed by atoms with Crippen LogP contribution in [0.1, 0.15) is 25.0 Å². The van der Waals surface area contributed by atoms with Gasteiger partial charge in [-0.15, -0.1) is 0 Å². The number of nitrogens with zero attached hydrogens (tertiary/aromatic N) is 1. The summed E-state index contributed by atoms with van der Waals surface area (Å²) in [7, 11) is 0. The number of hydrogen-bond donors (Lipinski definition) is 4. The molecule has 20 heavy (non-hydrogen) atoms. The Morgan fingerprint density at radius 2 is 2.35 bits per heavy atom. The molecule has 4 N–H and O–H groups in total. The van der Waals surface area contributed by atoms with E-state index in [0.717, 1.165) is 19.3 Å². The molecule has 1 aliphatic rings. The van der Waals surface area contributed by atoms with Gasteiger partial charge in [0, 0.05) is 24.4 Å². The zero-order valence-corrected chi connectivity index (χ0v) is 11.0. The first-order chi connectivity index (χ1) is 9.65. The number of carboxylic acid groups (broad SMARTS) is 1. The summed E-state index contributed by atoms with van der Waals surface area (Å²) in [5.74, 6) is -1.07. The molecule has 7 nitrogen and oxygen atoms in total. The first kappa shape index (κ1) is 14.1. The van der Waals surface area contributed by atoms with E-state index in [1.165, 1.54) is 6.33 Å². The van der Waals surface area contributed by atoms with Crippen molar-refractivity contribution in [3.8, 4) is 0 Å². The zero-order valence-electron chi connectivity index (χ0n) is 11.0. The predicted octanol–water partition coefficient (Wildman–Crippen LogP) is 0.813. The fourth-order valence-electron chi connectivity index (χ4n) is 2.13. The van der Waals surface area contributed by atoms with Gasteiger partial charge in [-0.05, 0) is 19.3 Å². The van der Waals surface area contributed by atoms with Gasteiger partial charge in [0.1, 0.15) is 6.04 Å². The molecule has 0 fully saturated rings. The highest BCUT2D eigenvalue weighted by molar-refractivity contribution is 5.82. The summed E-state index contributed by atoms with van der Waals surface area (Å²) < 4.78 is 0. The number of imidazole rings is 1. The Kier molecular flexibility index (Phi) is 4.75. The number of carbonyl (C=O) groups excluding carboxylic acids is 1. The number of urea groups is 1. The van der Waals surface area contributed by atoms with Crippen LogP contribution in [0, 0.1) is 0 Å². The molecule has 2 atom stereocenters. The predicted molar refractivity (Wildman–Crippen MR) is 72.2 cm³/mol. The number of nitrogens with one attached hydrogen (secondary N) is 3. The van der Waals surface area contributed by atoms with Crippen LogP contribution in [0.4, 0.5) is 4.79 Å². The molecule has 2 rings (SSSR count). The van der Waals surface area contributed by atoms with Crippen molar-refractivity contribution in [1.82, 2.24) is 20.6 Å². The standard InChI is InChI=1S/C13H18N4O3/c18-12(19)11(6-10-7-14-8-15-10)17-13(20)16-9-4-2-1-3-5-9/h1-2,7-9,11H,3-6H2,(H,14,15)(H,18,19)(H2,16,17,20)/t9?,11-/m1/s1. The summed E-state index contributed by atoms with van der Waals surface area (Å²) in [5, 5.41) is 14.4. The molecule has 0 aromatic carbocycles. The second-order valence-electron chi connectivity index (χ2n) is 4.77. The minimum absolute atomic E-state index is 0.0709. The van der Waals surface area contributed by atoms with Gasteiger partial charge in [-0.3, -0.25) is 0 Å². The number of carbonyl (C=O) groups is 2. The van der Waals surface area contributed by atoms with Crippen LogP contribution in [0.25, 0.3) is 0 Å². The van der Waals surface area contributed by atoms with Crippen molar-refractivity contribution in [2.75, 3.05) is 0 Å². The number of H-pyrrole nitrogens is 1. The number of allylic oxidation sites excluding steroid dienone is 1. The van der Waals surface area contributed by atoms with E-state index in [9.17, 15) is 9.59 Å². The van der Waals surface area contributed by atoms with Gasteiger partial charge in [-0.25, -0.2) is 14.6 Å². The molecular weight excluding hydrogens is 260 g/mol. The van der Waals surface area contributed by atoms with Gasteiger partial charge in [-0.2, -0.15) is 0 Å². The Labute approximate surface area is 116 Å². The first-order valence-electron chi connectivity index (χ1n) is 6.57. The molecule has 1 aliphatic carbocycles. The van der Waals surface area contributed by atoms with Crippen LogP contribution in [-0.2, 0) is 11.2 Å². The smallest absolute Gasteiger partial charge is 0.326 e. The molecule has 2 amide bonds. The maximum atomic E-state index is 11.8. The number of rotatable bonds is 5. The largest absolute Gasteiger partial charge is 0.480 e. The van der Waals surface area contributed by atoms with Crippen molar-refractivity contribution >= 4 is 12.0 Å². The van der Waals surface area contributed by atoms with Crippen molar-refractivity contribution < 1.29 is 14.7 Å². The normalized spacial score (nSPS) is 19.3. The van der Waals surface area contributed by atoms with E-state index in [-0.39, 0.29) is 12.5 Å². The number of aromatic nitrogens is 2.